The minimum absolute atomic E-state index is 0.0619. The van der Waals surface area contributed by atoms with Crippen molar-refractivity contribution in [2.75, 3.05) is 19.4 Å². The van der Waals surface area contributed by atoms with Crippen molar-refractivity contribution in [3.63, 3.8) is 0 Å². The third-order valence-corrected chi connectivity index (χ3v) is 4.77. The molecular weight excluding hydrogens is 302 g/mol. The lowest BCUT2D eigenvalue weighted by Gasteiger charge is -2.33. The van der Waals surface area contributed by atoms with Crippen LogP contribution < -0.4 is 4.74 Å². The Morgan fingerprint density at radius 2 is 2.05 bits per heavy atom. The predicted octanol–water partition coefficient (Wildman–Crippen LogP) is 2.64. The first-order valence-corrected chi connectivity index (χ1v) is 8.39. The van der Waals surface area contributed by atoms with Crippen molar-refractivity contribution in [2.45, 2.75) is 36.6 Å². The number of rotatable bonds is 6. The van der Waals surface area contributed by atoms with Gasteiger partial charge in [-0.25, -0.2) is 4.79 Å². The van der Waals surface area contributed by atoms with E-state index in [1.165, 1.54) is 4.90 Å². The van der Waals surface area contributed by atoms with Gasteiger partial charge in [0.2, 0.25) is 5.91 Å². The number of hydrogen-bond donors (Lipinski definition) is 1. The summed E-state index contributed by atoms with van der Waals surface area (Å²) in [6.45, 7) is 0.559. The highest BCUT2D eigenvalue weighted by Gasteiger charge is 2.31. The maximum absolute atomic E-state index is 12.2. The van der Waals surface area contributed by atoms with Crippen LogP contribution in [0.4, 0.5) is 0 Å². The van der Waals surface area contributed by atoms with Crippen LogP contribution >= 0.6 is 11.8 Å². The van der Waals surface area contributed by atoms with Crippen molar-refractivity contribution in [3.8, 4) is 5.75 Å². The molecule has 1 aliphatic rings. The molecule has 1 fully saturated rings. The second kappa shape index (κ2) is 8.08. The lowest BCUT2D eigenvalue weighted by atomic mass is 10.0. The first-order valence-electron chi connectivity index (χ1n) is 7.41. The van der Waals surface area contributed by atoms with Gasteiger partial charge in [0.25, 0.3) is 0 Å². The summed E-state index contributed by atoms with van der Waals surface area (Å²) < 4.78 is 5.10. The number of likely N-dealkylation sites (tertiary alicyclic amines) is 1. The van der Waals surface area contributed by atoms with Gasteiger partial charge in [-0.2, -0.15) is 0 Å². The van der Waals surface area contributed by atoms with E-state index in [2.05, 4.69) is 0 Å². The monoisotopic (exact) mass is 323 g/mol. The average Bonchev–Trinajstić information content (AvgIpc) is 2.55. The van der Waals surface area contributed by atoms with E-state index >= 15 is 0 Å². The fraction of sp³-hybridized carbons (Fsp3) is 0.500. The van der Waals surface area contributed by atoms with E-state index < -0.39 is 12.0 Å². The summed E-state index contributed by atoms with van der Waals surface area (Å²) in [5.74, 6) is 0.496. The van der Waals surface area contributed by atoms with E-state index in [4.69, 9.17) is 4.74 Å². The second-order valence-electron chi connectivity index (χ2n) is 5.21. The summed E-state index contributed by atoms with van der Waals surface area (Å²) >= 11 is 1.59. The molecule has 1 aromatic rings. The van der Waals surface area contributed by atoms with E-state index in [1.807, 2.05) is 24.3 Å². The second-order valence-corrected chi connectivity index (χ2v) is 6.38. The van der Waals surface area contributed by atoms with Crippen molar-refractivity contribution >= 4 is 23.6 Å². The number of carboxylic acid groups (broad SMARTS) is 1. The van der Waals surface area contributed by atoms with Gasteiger partial charge in [-0.05, 0) is 43.5 Å². The molecule has 0 radical (unpaired) electrons. The highest BCUT2D eigenvalue weighted by Crippen LogP contribution is 2.23. The summed E-state index contributed by atoms with van der Waals surface area (Å²) in [7, 11) is 1.62. The molecule has 120 valence electrons. The lowest BCUT2D eigenvalue weighted by Crippen LogP contribution is -2.48. The fourth-order valence-electron chi connectivity index (χ4n) is 2.56. The number of carboxylic acids is 1. The number of amides is 1. The van der Waals surface area contributed by atoms with Gasteiger partial charge in [0.05, 0.1) is 7.11 Å². The number of nitrogens with zero attached hydrogens (tertiary/aromatic N) is 1. The molecule has 0 bridgehead atoms. The number of thioether (sulfide) groups is 1. The van der Waals surface area contributed by atoms with Gasteiger partial charge in [0, 0.05) is 23.6 Å². The van der Waals surface area contributed by atoms with Gasteiger partial charge in [-0.1, -0.05) is 0 Å². The zero-order valence-corrected chi connectivity index (χ0v) is 13.5. The Hall–Kier alpha value is -1.69. The van der Waals surface area contributed by atoms with Crippen LogP contribution in [0, 0.1) is 0 Å². The number of carbonyl (C=O) groups excluding carboxylic acids is 1. The molecule has 1 aromatic carbocycles. The van der Waals surface area contributed by atoms with Gasteiger partial charge in [-0.15, -0.1) is 11.8 Å². The van der Waals surface area contributed by atoms with Crippen LogP contribution in [0.25, 0.3) is 0 Å². The first kappa shape index (κ1) is 16.7. The Kier molecular flexibility index (Phi) is 6.12. The smallest absolute Gasteiger partial charge is 0.326 e. The molecule has 1 N–H and O–H groups in total. The summed E-state index contributed by atoms with van der Waals surface area (Å²) in [4.78, 5) is 26.0. The van der Waals surface area contributed by atoms with Crippen molar-refractivity contribution < 1.29 is 19.4 Å². The summed E-state index contributed by atoms with van der Waals surface area (Å²) in [6.07, 6.45) is 2.69. The normalized spacial score (nSPS) is 18.0. The van der Waals surface area contributed by atoms with E-state index in [9.17, 15) is 14.7 Å². The largest absolute Gasteiger partial charge is 0.497 e. The van der Waals surface area contributed by atoms with Gasteiger partial charge in [0.15, 0.2) is 0 Å². The molecule has 0 unspecified atom stereocenters. The third-order valence-electron chi connectivity index (χ3n) is 3.75. The number of benzene rings is 1. The number of piperidine rings is 1. The number of ether oxygens (including phenoxy) is 1. The quantitative estimate of drug-likeness (QED) is 0.815. The van der Waals surface area contributed by atoms with Crippen molar-refractivity contribution in [2.24, 2.45) is 0 Å². The molecule has 0 saturated carbocycles. The van der Waals surface area contributed by atoms with Crippen LogP contribution in [-0.2, 0) is 9.59 Å². The van der Waals surface area contributed by atoms with E-state index in [0.717, 1.165) is 23.5 Å². The lowest BCUT2D eigenvalue weighted by molar-refractivity contribution is -0.151. The summed E-state index contributed by atoms with van der Waals surface area (Å²) in [5.41, 5.74) is 0. The highest BCUT2D eigenvalue weighted by molar-refractivity contribution is 7.99. The van der Waals surface area contributed by atoms with E-state index in [-0.39, 0.29) is 5.91 Å². The Morgan fingerprint density at radius 3 is 2.68 bits per heavy atom. The number of carbonyl (C=O) groups is 2. The van der Waals surface area contributed by atoms with Crippen LogP contribution in [0.1, 0.15) is 25.7 Å². The molecule has 22 heavy (non-hydrogen) atoms. The molecule has 1 amide bonds. The molecule has 1 saturated heterocycles. The molecule has 1 aliphatic heterocycles. The minimum Gasteiger partial charge on any atom is -0.497 e. The number of methoxy groups -OCH3 is 1. The fourth-order valence-corrected chi connectivity index (χ4v) is 3.40. The van der Waals surface area contributed by atoms with Crippen molar-refractivity contribution in [1.82, 2.24) is 4.90 Å². The van der Waals surface area contributed by atoms with Crippen molar-refractivity contribution in [3.05, 3.63) is 24.3 Å². The molecule has 0 aliphatic carbocycles. The van der Waals surface area contributed by atoms with Gasteiger partial charge in [-0.3, -0.25) is 4.79 Å². The number of aliphatic carboxylic acids is 1. The SMILES string of the molecule is COc1ccc(SCCC(=O)N2CCCC[C@@H]2C(=O)O)cc1. The molecule has 1 heterocycles. The Morgan fingerprint density at radius 1 is 1.32 bits per heavy atom. The summed E-state index contributed by atoms with van der Waals surface area (Å²) in [6, 6.07) is 7.03. The van der Waals surface area contributed by atoms with Crippen LogP contribution in [0.3, 0.4) is 0 Å². The molecule has 0 aromatic heterocycles. The van der Waals surface area contributed by atoms with Gasteiger partial charge in [0.1, 0.15) is 11.8 Å². The van der Waals surface area contributed by atoms with Gasteiger partial charge < -0.3 is 14.7 Å². The van der Waals surface area contributed by atoms with Crippen LogP contribution in [0.5, 0.6) is 5.75 Å². The Bertz CT molecular complexity index is 517. The topological polar surface area (TPSA) is 66.8 Å². The van der Waals surface area contributed by atoms with Crippen molar-refractivity contribution in [1.29, 1.82) is 0 Å². The van der Waals surface area contributed by atoms with Crippen LogP contribution in [0.2, 0.25) is 0 Å². The Labute approximate surface area is 134 Å². The molecule has 2 rings (SSSR count). The standard InChI is InChI=1S/C16H21NO4S/c1-21-12-5-7-13(8-6-12)22-11-9-15(18)17-10-3-2-4-14(17)16(19)20/h5-8,14H,2-4,9-11H2,1H3,(H,19,20)/t14-/m1/s1. The third kappa shape index (κ3) is 4.40. The average molecular weight is 323 g/mol. The zero-order chi connectivity index (χ0) is 15.9. The molecule has 1 atom stereocenters. The molecular formula is C16H21NO4S. The molecule has 0 spiro atoms. The van der Waals surface area contributed by atoms with Crippen LogP contribution in [0.15, 0.2) is 29.2 Å². The van der Waals surface area contributed by atoms with E-state index in [0.29, 0.717) is 25.1 Å². The zero-order valence-electron chi connectivity index (χ0n) is 12.7. The molecule has 6 heteroatoms. The minimum atomic E-state index is -0.893. The summed E-state index contributed by atoms with van der Waals surface area (Å²) in [5, 5.41) is 9.20. The highest BCUT2D eigenvalue weighted by atomic mass is 32.2. The predicted molar refractivity (Wildman–Crippen MR) is 85.3 cm³/mol. The maximum atomic E-state index is 12.2. The van der Waals surface area contributed by atoms with Gasteiger partial charge >= 0.3 is 5.97 Å². The van der Waals surface area contributed by atoms with Crippen LogP contribution in [-0.4, -0.2) is 47.3 Å². The molecule has 5 nitrogen and oxygen atoms in total. The Balaban J connectivity index is 1.82. The first-order chi connectivity index (χ1) is 10.6. The number of hydrogen-bond acceptors (Lipinski definition) is 4. The maximum Gasteiger partial charge on any atom is 0.326 e. The van der Waals surface area contributed by atoms with E-state index in [1.54, 1.807) is 18.9 Å².